The van der Waals surface area contributed by atoms with Gasteiger partial charge in [0.2, 0.25) is 0 Å². The highest BCUT2D eigenvalue weighted by atomic mass is 16.5. The number of hydrogen-bond acceptors (Lipinski definition) is 4. The van der Waals surface area contributed by atoms with Crippen LogP contribution in [0.5, 0.6) is 0 Å². The fourth-order valence-corrected chi connectivity index (χ4v) is 4.83. The number of benzene rings is 1. The Bertz CT molecular complexity index is 681. The molecule has 0 amide bonds. The molecule has 29 heavy (non-hydrogen) atoms. The molecule has 5 nitrogen and oxygen atoms in total. The molecule has 2 aliphatic carbocycles. The first-order valence-electron chi connectivity index (χ1n) is 11.4. The van der Waals surface area contributed by atoms with Crippen LogP contribution < -0.4 is 5.32 Å². The molecule has 1 aromatic carbocycles. The van der Waals surface area contributed by atoms with Crippen LogP contribution in [0.25, 0.3) is 0 Å². The quantitative estimate of drug-likeness (QED) is 0.595. The van der Waals surface area contributed by atoms with E-state index in [1.54, 1.807) is 0 Å². The van der Waals surface area contributed by atoms with Crippen LogP contribution in [0.15, 0.2) is 30.3 Å². The molecule has 3 fully saturated rings. The second-order valence-corrected chi connectivity index (χ2v) is 9.73. The zero-order valence-corrected chi connectivity index (χ0v) is 17.7. The number of hydrogen-bond donors (Lipinski definition) is 2. The molecule has 1 saturated heterocycles. The van der Waals surface area contributed by atoms with Gasteiger partial charge in [-0.1, -0.05) is 43.7 Å². The predicted octanol–water partition coefficient (Wildman–Crippen LogP) is 3.54. The molecule has 2 N–H and O–H groups in total. The molecule has 2 atom stereocenters. The first-order valence-corrected chi connectivity index (χ1v) is 11.4. The van der Waals surface area contributed by atoms with Crippen molar-refractivity contribution in [2.75, 3.05) is 32.8 Å². The summed E-state index contributed by atoms with van der Waals surface area (Å²) < 4.78 is 6.20. The van der Waals surface area contributed by atoms with E-state index in [2.05, 4.69) is 41.4 Å². The third-order valence-electron chi connectivity index (χ3n) is 7.46. The average molecular weight is 401 g/mol. The van der Waals surface area contributed by atoms with Gasteiger partial charge in [-0.2, -0.15) is 0 Å². The molecule has 1 unspecified atom stereocenters. The first-order chi connectivity index (χ1) is 14.0. The minimum Gasteiger partial charge on any atom is -0.481 e. The highest BCUT2D eigenvalue weighted by Crippen LogP contribution is 2.47. The molecule has 1 aromatic rings. The molecule has 160 valence electrons. The maximum absolute atomic E-state index is 11.5. The van der Waals surface area contributed by atoms with Crippen LogP contribution in [0, 0.1) is 16.7 Å². The van der Waals surface area contributed by atoms with E-state index in [0.717, 1.165) is 64.4 Å². The average Bonchev–Trinajstić information content (AvgIpc) is 3.65. The van der Waals surface area contributed by atoms with Crippen molar-refractivity contribution in [2.45, 2.75) is 58.1 Å². The zero-order valence-electron chi connectivity index (χ0n) is 17.7. The minimum atomic E-state index is -0.610. The summed E-state index contributed by atoms with van der Waals surface area (Å²) in [5.41, 5.74) is 0.926. The molecular weight excluding hydrogens is 364 g/mol. The van der Waals surface area contributed by atoms with Crippen LogP contribution >= 0.6 is 0 Å². The molecule has 0 aromatic heterocycles. The van der Waals surface area contributed by atoms with Crippen molar-refractivity contribution in [3.63, 3.8) is 0 Å². The van der Waals surface area contributed by atoms with Crippen LogP contribution in [0.3, 0.4) is 0 Å². The maximum Gasteiger partial charge on any atom is 0.310 e. The van der Waals surface area contributed by atoms with Crippen molar-refractivity contribution in [1.82, 2.24) is 10.2 Å². The van der Waals surface area contributed by atoms with Crippen LogP contribution in [0.4, 0.5) is 0 Å². The molecule has 4 rings (SSSR count). The summed E-state index contributed by atoms with van der Waals surface area (Å²) in [5, 5.41) is 13.3. The zero-order chi connectivity index (χ0) is 20.3. The van der Waals surface area contributed by atoms with E-state index in [4.69, 9.17) is 4.74 Å². The van der Waals surface area contributed by atoms with Gasteiger partial charge in [-0.15, -0.1) is 0 Å². The van der Waals surface area contributed by atoms with Crippen LogP contribution in [0.2, 0.25) is 0 Å². The second-order valence-electron chi connectivity index (χ2n) is 9.73. The lowest BCUT2D eigenvalue weighted by molar-refractivity contribution is -0.144. The SMILES string of the molecule is CCC1C[C@H]1NCC1(COCc2ccccc2)CCN(CC2(C(=O)O)CC2)CC1. The van der Waals surface area contributed by atoms with Crippen molar-refractivity contribution >= 4 is 5.97 Å². The number of piperidine rings is 1. The number of carboxylic acids is 1. The van der Waals surface area contributed by atoms with Gasteiger partial charge in [0, 0.05) is 24.5 Å². The number of likely N-dealkylation sites (tertiary alicyclic amines) is 1. The van der Waals surface area contributed by atoms with E-state index in [0.29, 0.717) is 12.6 Å². The smallest absolute Gasteiger partial charge is 0.310 e. The Hall–Kier alpha value is -1.43. The Labute approximate surface area is 174 Å². The fourth-order valence-electron chi connectivity index (χ4n) is 4.83. The fraction of sp³-hybridized carbons (Fsp3) is 0.708. The Kier molecular flexibility index (Phi) is 6.28. The predicted molar refractivity (Wildman–Crippen MR) is 114 cm³/mol. The van der Waals surface area contributed by atoms with Gasteiger partial charge < -0.3 is 20.1 Å². The van der Waals surface area contributed by atoms with E-state index < -0.39 is 11.4 Å². The van der Waals surface area contributed by atoms with Crippen LogP contribution in [-0.2, 0) is 16.1 Å². The lowest BCUT2D eigenvalue weighted by Gasteiger charge is -2.42. The number of rotatable bonds is 11. The Balaban J connectivity index is 1.31. The summed E-state index contributed by atoms with van der Waals surface area (Å²) in [6.45, 7) is 7.41. The van der Waals surface area contributed by atoms with Gasteiger partial charge in [-0.3, -0.25) is 4.79 Å². The van der Waals surface area contributed by atoms with Gasteiger partial charge in [0.1, 0.15) is 0 Å². The van der Waals surface area contributed by atoms with Gasteiger partial charge >= 0.3 is 5.97 Å². The first kappa shape index (κ1) is 20.8. The van der Waals surface area contributed by atoms with Crippen molar-refractivity contribution < 1.29 is 14.6 Å². The molecule has 0 spiro atoms. The molecule has 2 saturated carbocycles. The van der Waals surface area contributed by atoms with E-state index >= 15 is 0 Å². The number of aliphatic carboxylic acids is 1. The highest BCUT2D eigenvalue weighted by Gasteiger charge is 2.52. The van der Waals surface area contributed by atoms with Crippen molar-refractivity contribution in [1.29, 1.82) is 0 Å². The summed E-state index contributed by atoms with van der Waals surface area (Å²) in [6.07, 6.45) is 6.41. The molecule has 0 bridgehead atoms. The Morgan fingerprint density at radius 2 is 1.93 bits per heavy atom. The number of nitrogens with zero attached hydrogens (tertiary/aromatic N) is 1. The van der Waals surface area contributed by atoms with Crippen molar-refractivity contribution in [3.05, 3.63) is 35.9 Å². The molecule has 3 aliphatic rings. The number of carbonyl (C=O) groups is 1. The number of nitrogens with one attached hydrogen (secondary N) is 1. The number of ether oxygens (including phenoxy) is 1. The standard InChI is InChI=1S/C24H36N2O3/c1-2-20-14-21(20)25-16-23(18-29-15-19-6-4-3-5-7-19)10-12-26(13-11-23)17-24(8-9-24)22(27)28/h3-7,20-21,25H,2,8-18H2,1H3,(H,27,28)/t20?,21-/m1/s1. The minimum absolute atomic E-state index is 0.159. The van der Waals surface area contributed by atoms with Gasteiger partial charge in [0.25, 0.3) is 0 Å². The van der Waals surface area contributed by atoms with Gasteiger partial charge in [-0.25, -0.2) is 0 Å². The number of carboxylic acid groups (broad SMARTS) is 1. The van der Waals surface area contributed by atoms with E-state index in [9.17, 15) is 9.90 Å². The lowest BCUT2D eigenvalue weighted by atomic mass is 9.78. The Morgan fingerprint density at radius 1 is 1.21 bits per heavy atom. The van der Waals surface area contributed by atoms with Crippen LogP contribution in [-0.4, -0.2) is 54.8 Å². The lowest BCUT2D eigenvalue weighted by Crippen LogP contribution is -2.49. The third kappa shape index (κ3) is 5.19. The summed E-state index contributed by atoms with van der Waals surface area (Å²) in [5.74, 6) is 0.240. The summed E-state index contributed by atoms with van der Waals surface area (Å²) in [4.78, 5) is 13.9. The van der Waals surface area contributed by atoms with E-state index in [1.165, 1.54) is 18.4 Å². The van der Waals surface area contributed by atoms with E-state index in [-0.39, 0.29) is 5.41 Å². The normalized spacial score (nSPS) is 27.5. The monoisotopic (exact) mass is 400 g/mol. The Morgan fingerprint density at radius 3 is 2.52 bits per heavy atom. The molecule has 1 heterocycles. The van der Waals surface area contributed by atoms with Crippen molar-refractivity contribution in [3.8, 4) is 0 Å². The van der Waals surface area contributed by atoms with Crippen molar-refractivity contribution in [2.24, 2.45) is 16.7 Å². The molecule has 0 radical (unpaired) electrons. The molecule has 5 heteroatoms. The largest absolute Gasteiger partial charge is 0.481 e. The van der Waals surface area contributed by atoms with Gasteiger partial charge in [0.05, 0.1) is 18.6 Å². The van der Waals surface area contributed by atoms with Crippen LogP contribution in [0.1, 0.15) is 51.0 Å². The van der Waals surface area contributed by atoms with E-state index in [1.807, 2.05) is 6.07 Å². The molecular formula is C24H36N2O3. The summed E-state index contributed by atoms with van der Waals surface area (Å²) >= 11 is 0. The van der Waals surface area contributed by atoms with Gasteiger partial charge in [-0.05, 0) is 56.7 Å². The summed E-state index contributed by atoms with van der Waals surface area (Å²) in [6, 6.07) is 11.1. The second kappa shape index (κ2) is 8.75. The molecule has 1 aliphatic heterocycles. The topological polar surface area (TPSA) is 61.8 Å². The summed E-state index contributed by atoms with van der Waals surface area (Å²) in [7, 11) is 0. The third-order valence-corrected chi connectivity index (χ3v) is 7.46. The highest BCUT2D eigenvalue weighted by molar-refractivity contribution is 5.78. The van der Waals surface area contributed by atoms with Gasteiger partial charge in [0.15, 0.2) is 0 Å². The maximum atomic E-state index is 11.5.